The van der Waals surface area contributed by atoms with Gasteiger partial charge in [-0.25, -0.2) is 23.5 Å². The van der Waals surface area contributed by atoms with E-state index in [2.05, 4.69) is 25.6 Å². The summed E-state index contributed by atoms with van der Waals surface area (Å²) in [6.45, 7) is 1.73. The van der Waals surface area contributed by atoms with E-state index in [0.29, 0.717) is 15.7 Å². The van der Waals surface area contributed by atoms with Gasteiger partial charge in [0.1, 0.15) is 17.5 Å². The van der Waals surface area contributed by atoms with Gasteiger partial charge in [-0.05, 0) is 19.1 Å². The van der Waals surface area contributed by atoms with Crippen molar-refractivity contribution in [2.75, 3.05) is 10.6 Å². The first-order valence-corrected chi connectivity index (χ1v) is 7.76. The molecule has 0 saturated carbocycles. The van der Waals surface area contributed by atoms with Crippen LogP contribution in [0.15, 0.2) is 36.8 Å². The molecule has 0 aliphatic rings. The third-order valence-electron chi connectivity index (χ3n) is 2.81. The number of aromatic nitrogens is 3. The zero-order valence-corrected chi connectivity index (χ0v) is 13.6. The highest BCUT2D eigenvalue weighted by Gasteiger charge is 2.16. The number of hydrogen-bond donors (Lipinski definition) is 2. The standard InChI is InChI=1S/C15H11F2N5O2S/c1-8-20-13(14(25-8)21-11-4-10(17)5-18-7-11)24-15(23)22-12-3-2-9(16)6-19-12/h2-7,21H,1H3,(H,19,22,23). The second kappa shape index (κ2) is 7.18. The molecule has 0 spiro atoms. The number of pyridine rings is 2. The zero-order chi connectivity index (χ0) is 17.8. The molecule has 0 saturated heterocycles. The van der Waals surface area contributed by atoms with Crippen LogP contribution in [-0.4, -0.2) is 21.0 Å². The highest BCUT2D eigenvalue weighted by Crippen LogP contribution is 2.33. The van der Waals surface area contributed by atoms with Crippen LogP contribution < -0.4 is 15.4 Å². The van der Waals surface area contributed by atoms with Crippen LogP contribution in [0.5, 0.6) is 5.88 Å². The van der Waals surface area contributed by atoms with Crippen molar-refractivity contribution in [1.29, 1.82) is 0 Å². The van der Waals surface area contributed by atoms with Crippen LogP contribution in [0.3, 0.4) is 0 Å². The molecular formula is C15H11F2N5O2S. The lowest BCUT2D eigenvalue weighted by molar-refractivity contribution is 0.213. The van der Waals surface area contributed by atoms with Crippen LogP contribution in [0.2, 0.25) is 0 Å². The van der Waals surface area contributed by atoms with Crippen LogP contribution in [0, 0.1) is 18.6 Å². The predicted molar refractivity (Wildman–Crippen MR) is 88.2 cm³/mol. The number of carbonyl (C=O) groups excluding carboxylic acids is 1. The molecule has 128 valence electrons. The Balaban J connectivity index is 1.72. The third kappa shape index (κ3) is 4.44. The average Bonchev–Trinajstić information content (AvgIpc) is 2.89. The van der Waals surface area contributed by atoms with Crippen molar-refractivity contribution in [2.45, 2.75) is 6.92 Å². The topological polar surface area (TPSA) is 89.0 Å². The maximum Gasteiger partial charge on any atom is 0.419 e. The Hall–Kier alpha value is -3.14. The Kier molecular flexibility index (Phi) is 4.80. The van der Waals surface area contributed by atoms with Gasteiger partial charge in [-0.15, -0.1) is 0 Å². The highest BCUT2D eigenvalue weighted by molar-refractivity contribution is 7.16. The summed E-state index contributed by atoms with van der Waals surface area (Å²) >= 11 is 1.22. The summed E-state index contributed by atoms with van der Waals surface area (Å²) in [6, 6.07) is 3.69. The zero-order valence-electron chi connectivity index (χ0n) is 12.8. The highest BCUT2D eigenvalue weighted by atomic mass is 32.1. The van der Waals surface area contributed by atoms with E-state index in [1.807, 2.05) is 0 Å². The molecule has 10 heteroatoms. The molecule has 3 heterocycles. The number of thiazole rings is 1. The minimum absolute atomic E-state index is 0.0198. The number of hydrogen-bond acceptors (Lipinski definition) is 7. The maximum absolute atomic E-state index is 13.2. The summed E-state index contributed by atoms with van der Waals surface area (Å²) < 4.78 is 31.2. The number of carbonyl (C=O) groups is 1. The summed E-state index contributed by atoms with van der Waals surface area (Å²) in [5, 5.41) is 6.29. The lowest BCUT2D eigenvalue weighted by atomic mass is 10.4. The number of anilines is 3. The fourth-order valence-corrected chi connectivity index (χ4v) is 2.60. The molecule has 0 atom stereocenters. The molecule has 3 aromatic heterocycles. The second-order valence-corrected chi connectivity index (χ2v) is 5.96. The maximum atomic E-state index is 13.2. The van der Waals surface area contributed by atoms with Crippen LogP contribution in [-0.2, 0) is 0 Å². The van der Waals surface area contributed by atoms with Gasteiger partial charge < -0.3 is 10.1 Å². The molecule has 2 N–H and O–H groups in total. The molecule has 0 unspecified atom stereocenters. The number of aryl methyl sites for hydroxylation is 1. The number of rotatable bonds is 4. The first-order valence-electron chi connectivity index (χ1n) is 6.95. The van der Waals surface area contributed by atoms with Gasteiger partial charge in [0.15, 0.2) is 5.00 Å². The Morgan fingerprint density at radius 3 is 2.76 bits per heavy atom. The van der Waals surface area contributed by atoms with Crippen molar-refractivity contribution in [3.63, 3.8) is 0 Å². The van der Waals surface area contributed by atoms with Gasteiger partial charge in [0.2, 0.25) is 0 Å². The monoisotopic (exact) mass is 363 g/mol. The number of amides is 1. The van der Waals surface area contributed by atoms with Crippen molar-refractivity contribution in [3.05, 3.63) is 53.4 Å². The lowest BCUT2D eigenvalue weighted by Crippen LogP contribution is -2.18. The summed E-state index contributed by atoms with van der Waals surface area (Å²) in [5.74, 6) is -0.883. The molecule has 0 fully saturated rings. The van der Waals surface area contributed by atoms with Crippen molar-refractivity contribution in [2.24, 2.45) is 0 Å². The first-order chi connectivity index (χ1) is 12.0. The van der Waals surface area contributed by atoms with Crippen molar-refractivity contribution in [3.8, 4) is 5.88 Å². The van der Waals surface area contributed by atoms with E-state index in [0.717, 1.165) is 18.5 Å². The number of ether oxygens (including phenoxy) is 1. The smallest absolute Gasteiger partial charge is 0.388 e. The van der Waals surface area contributed by atoms with E-state index >= 15 is 0 Å². The van der Waals surface area contributed by atoms with Gasteiger partial charge in [0.25, 0.3) is 5.88 Å². The van der Waals surface area contributed by atoms with E-state index in [9.17, 15) is 13.6 Å². The molecule has 25 heavy (non-hydrogen) atoms. The van der Waals surface area contributed by atoms with E-state index in [4.69, 9.17) is 4.74 Å². The summed E-state index contributed by atoms with van der Waals surface area (Å²) in [5.41, 5.74) is 0.383. The molecule has 3 aromatic rings. The van der Waals surface area contributed by atoms with Crippen LogP contribution >= 0.6 is 11.3 Å². The Morgan fingerprint density at radius 1 is 1.20 bits per heavy atom. The molecular weight excluding hydrogens is 352 g/mol. The second-order valence-electron chi connectivity index (χ2n) is 4.76. The largest absolute Gasteiger partial charge is 0.419 e. The first kappa shape index (κ1) is 16.7. The average molecular weight is 363 g/mol. The van der Waals surface area contributed by atoms with Gasteiger partial charge in [-0.1, -0.05) is 11.3 Å². The third-order valence-corrected chi connectivity index (χ3v) is 3.68. The van der Waals surface area contributed by atoms with E-state index in [1.165, 1.54) is 29.7 Å². The Labute approximate surface area is 144 Å². The number of halogens is 2. The molecule has 1 amide bonds. The van der Waals surface area contributed by atoms with Crippen molar-refractivity contribution < 1.29 is 18.3 Å². The molecule has 0 aliphatic heterocycles. The number of nitrogens with one attached hydrogen (secondary N) is 2. The van der Waals surface area contributed by atoms with Gasteiger partial charge in [0, 0.05) is 6.07 Å². The fourth-order valence-electron chi connectivity index (χ4n) is 1.84. The van der Waals surface area contributed by atoms with Crippen molar-refractivity contribution in [1.82, 2.24) is 15.0 Å². The quantitative estimate of drug-likeness (QED) is 0.731. The van der Waals surface area contributed by atoms with Gasteiger partial charge in [-0.3, -0.25) is 10.3 Å². The van der Waals surface area contributed by atoms with Gasteiger partial charge in [0.05, 0.1) is 29.3 Å². The summed E-state index contributed by atoms with van der Waals surface area (Å²) in [4.78, 5) is 23.5. The Bertz CT molecular complexity index is 901. The van der Waals surface area contributed by atoms with Crippen LogP contribution in [0.4, 0.5) is 30.1 Å². The molecule has 0 aromatic carbocycles. The van der Waals surface area contributed by atoms with Crippen LogP contribution in [0.25, 0.3) is 0 Å². The van der Waals surface area contributed by atoms with E-state index in [1.54, 1.807) is 6.92 Å². The molecule has 7 nitrogen and oxygen atoms in total. The van der Waals surface area contributed by atoms with Crippen LogP contribution in [0.1, 0.15) is 5.01 Å². The normalized spacial score (nSPS) is 10.4. The van der Waals surface area contributed by atoms with Gasteiger partial charge >= 0.3 is 6.09 Å². The fraction of sp³-hybridized carbons (Fsp3) is 0.0667. The minimum Gasteiger partial charge on any atom is -0.388 e. The Morgan fingerprint density at radius 2 is 2.04 bits per heavy atom. The summed E-state index contributed by atoms with van der Waals surface area (Å²) in [7, 11) is 0. The molecule has 0 bridgehead atoms. The minimum atomic E-state index is -0.843. The SMILES string of the molecule is Cc1nc(OC(=O)Nc2ccc(F)cn2)c(Nc2cncc(F)c2)s1. The molecule has 3 rings (SSSR count). The predicted octanol–water partition coefficient (Wildman–Crippen LogP) is 3.87. The number of nitrogens with zero attached hydrogens (tertiary/aromatic N) is 3. The molecule has 0 radical (unpaired) electrons. The van der Waals surface area contributed by atoms with E-state index in [-0.39, 0.29) is 11.7 Å². The van der Waals surface area contributed by atoms with Crippen molar-refractivity contribution >= 4 is 33.9 Å². The molecule has 0 aliphatic carbocycles. The van der Waals surface area contributed by atoms with E-state index < -0.39 is 17.7 Å². The lowest BCUT2D eigenvalue weighted by Gasteiger charge is -2.07. The summed E-state index contributed by atoms with van der Waals surface area (Å²) in [6.07, 6.45) is 2.62. The van der Waals surface area contributed by atoms with Gasteiger partial charge in [-0.2, -0.15) is 0 Å².